The molecule has 2 fully saturated rings. The molecule has 6 rings (SSSR count). The second-order valence-electron chi connectivity index (χ2n) is 21.7. The molecule has 4 aromatic rings. The number of carbonyl (C=O) groups excluding carboxylic acids is 6. The van der Waals surface area contributed by atoms with E-state index in [-0.39, 0.29) is 116 Å². The van der Waals surface area contributed by atoms with Gasteiger partial charge in [-0.1, -0.05) is 71.1 Å². The van der Waals surface area contributed by atoms with E-state index in [4.69, 9.17) is 61.3 Å². The number of aromatic nitrogens is 8. The van der Waals surface area contributed by atoms with Gasteiger partial charge in [-0.3, -0.25) is 68.1 Å². The lowest BCUT2D eigenvalue weighted by atomic mass is 10.1. The second-order valence-corrected chi connectivity index (χ2v) is 27.3. The van der Waals surface area contributed by atoms with Gasteiger partial charge in [-0.2, -0.15) is 9.97 Å². The first-order valence-corrected chi connectivity index (χ1v) is 31.9. The number of imidazole rings is 2. The Morgan fingerprint density at radius 1 is 0.640 bits per heavy atom. The van der Waals surface area contributed by atoms with Crippen LogP contribution in [-0.4, -0.2) is 195 Å². The molecular formula is C52H79IN10O22Si. The molecule has 32 nitrogen and oxygen atoms in total. The number of aromatic amines is 2. The molecule has 2 amide bonds. The van der Waals surface area contributed by atoms with Crippen LogP contribution in [0.3, 0.4) is 0 Å². The molecule has 480 valence electrons. The largest absolute Gasteiger partial charge is 0.463 e. The fourth-order valence-corrected chi connectivity index (χ4v) is 9.77. The van der Waals surface area contributed by atoms with Gasteiger partial charge < -0.3 is 66.4 Å². The van der Waals surface area contributed by atoms with Gasteiger partial charge >= 0.3 is 23.9 Å². The molecule has 5 N–H and O–H groups in total. The van der Waals surface area contributed by atoms with E-state index in [1.165, 1.54) is 44.9 Å². The van der Waals surface area contributed by atoms with E-state index in [0.29, 0.717) is 4.43 Å². The van der Waals surface area contributed by atoms with Gasteiger partial charge in [-0.15, -0.1) is 0 Å². The second kappa shape index (κ2) is 32.3. The van der Waals surface area contributed by atoms with E-state index >= 15 is 0 Å². The molecule has 6 heterocycles. The maximum atomic E-state index is 13.0. The number of rotatable bonds is 29. The van der Waals surface area contributed by atoms with Crippen molar-refractivity contribution < 1.29 is 95.1 Å². The van der Waals surface area contributed by atoms with Crippen LogP contribution in [0.15, 0.2) is 22.2 Å². The van der Waals surface area contributed by atoms with E-state index in [1.54, 1.807) is 39.2 Å². The summed E-state index contributed by atoms with van der Waals surface area (Å²) in [6.45, 7) is 20.7. The van der Waals surface area contributed by atoms with Crippen LogP contribution in [-0.2, 0) is 90.0 Å². The van der Waals surface area contributed by atoms with Crippen LogP contribution in [0.25, 0.3) is 22.3 Å². The van der Waals surface area contributed by atoms with Crippen LogP contribution in [0.1, 0.15) is 95.5 Å². The predicted octanol–water partition coefficient (Wildman–Crippen LogP) is 3.09. The fraction of sp³-hybridized carbons (Fsp3) is 0.692. The third kappa shape index (κ3) is 20.1. The number of ether oxygens (including phenoxy) is 12. The number of aliphatic hydroxyl groups excluding tert-OH is 1. The summed E-state index contributed by atoms with van der Waals surface area (Å²) in [5.41, 5.74) is -0.927. The number of alkyl halides is 1. The third-order valence-corrected chi connectivity index (χ3v) is 18.5. The van der Waals surface area contributed by atoms with E-state index in [2.05, 4.69) is 97.0 Å². The molecule has 0 aromatic carbocycles. The highest BCUT2D eigenvalue weighted by Gasteiger charge is 2.53. The molecule has 86 heavy (non-hydrogen) atoms. The summed E-state index contributed by atoms with van der Waals surface area (Å²) in [7, 11) is -2.43. The van der Waals surface area contributed by atoms with Crippen LogP contribution in [0.4, 0.5) is 11.9 Å². The van der Waals surface area contributed by atoms with Crippen LogP contribution in [0.2, 0.25) is 18.1 Å². The van der Waals surface area contributed by atoms with Crippen molar-refractivity contribution in [1.82, 2.24) is 39.0 Å². The zero-order valence-electron chi connectivity index (χ0n) is 50.5. The summed E-state index contributed by atoms with van der Waals surface area (Å²) in [4.78, 5) is 117. The topological polar surface area (TPSA) is 394 Å². The Kier molecular flexibility index (Phi) is 26.6. The molecule has 2 aliphatic rings. The van der Waals surface area contributed by atoms with E-state index in [0.717, 1.165) is 0 Å². The summed E-state index contributed by atoms with van der Waals surface area (Å²) >= 11 is 2.22. The van der Waals surface area contributed by atoms with Crippen LogP contribution in [0, 0.1) is 11.8 Å². The minimum Gasteiger partial charge on any atom is -0.463 e. The van der Waals surface area contributed by atoms with E-state index < -0.39 is 105 Å². The highest BCUT2D eigenvalue weighted by Crippen LogP contribution is 2.43. The number of nitrogens with zero attached hydrogens (tertiary/aromatic N) is 6. The molecule has 0 saturated carbocycles. The van der Waals surface area contributed by atoms with Gasteiger partial charge in [0.1, 0.15) is 50.8 Å². The first-order chi connectivity index (χ1) is 40.4. The quantitative estimate of drug-likeness (QED) is 0.00991. The van der Waals surface area contributed by atoms with E-state index in [9.17, 15) is 43.5 Å². The number of halogens is 1. The van der Waals surface area contributed by atoms with Crippen molar-refractivity contribution in [1.29, 1.82) is 0 Å². The Morgan fingerprint density at radius 2 is 1.01 bits per heavy atom. The average molecular weight is 1350 g/mol. The zero-order valence-corrected chi connectivity index (χ0v) is 53.7. The number of fused-ring (bicyclic) bond motifs is 2. The lowest BCUT2D eigenvalue weighted by molar-refractivity contribution is -0.320. The number of hydrogen-bond acceptors (Lipinski definition) is 26. The van der Waals surface area contributed by atoms with Gasteiger partial charge in [0, 0.05) is 44.0 Å². The molecule has 2 unspecified atom stereocenters. The molecular weight excluding hydrogens is 1270 g/mol. The number of aliphatic hydroxyl groups is 1. The van der Waals surface area contributed by atoms with Crippen molar-refractivity contribution in [2.75, 3.05) is 67.9 Å². The summed E-state index contributed by atoms with van der Waals surface area (Å²) in [5, 5.41) is 15.8. The number of esters is 4. The number of nitrogens with one attached hydrogen (secondary N) is 4. The van der Waals surface area contributed by atoms with Gasteiger partial charge in [0.05, 0.1) is 51.3 Å². The lowest BCUT2D eigenvalue weighted by Gasteiger charge is -2.40. The number of H-pyrrole nitrogens is 2. The van der Waals surface area contributed by atoms with Crippen molar-refractivity contribution in [2.24, 2.45) is 11.8 Å². The van der Waals surface area contributed by atoms with Gasteiger partial charge in [-0.25, -0.2) is 9.97 Å². The highest BCUT2D eigenvalue weighted by molar-refractivity contribution is 14.1. The minimum atomic E-state index is -2.43. The number of amides is 2. The van der Waals surface area contributed by atoms with Crippen LogP contribution >= 0.6 is 22.6 Å². The first kappa shape index (κ1) is 70.8. The molecule has 2 aliphatic heterocycles. The maximum Gasteiger partial charge on any atom is 0.302 e. The molecule has 0 spiro atoms. The van der Waals surface area contributed by atoms with Crippen molar-refractivity contribution >= 4 is 101 Å². The van der Waals surface area contributed by atoms with Gasteiger partial charge in [-0.05, 0) is 25.1 Å². The molecule has 0 radical (unpaired) electrons. The monoisotopic (exact) mass is 1350 g/mol. The standard InChI is InChI=1S/C29H46IN5O11Si.C23H33N5O11/c1-16(2)24(38)33-27-32-23-20(25(39)34-27)31-15-35(23)26-22(21(19(14-30)44-26)46-47(8,9)29(5,6)7)45-28(42-12-10-40-17(3)36)43-13-11-41-18(4)37;1-11(2)19(32)26-22-25-18-15(20(33)27-22)24-10-28(18)21-17(16(31)12(3)38-21)39-23(36-8-6-34-13(4)29)37-9-7-35-14(5)30/h15-16,19,21-22,26,28H,10-14H2,1-9H3,(H2,32,33,34,38,39);10-12,16-17,21,23,31H,6-9H2,1-5H3,(H2,25,26,27,32,33)/t19-,21+,22?,26-;12-,16+,17?,21-/m11/s1. The molecule has 2 saturated heterocycles. The summed E-state index contributed by atoms with van der Waals surface area (Å²) in [6, 6.07) is 0. The zero-order chi connectivity index (χ0) is 63.8. The third-order valence-electron chi connectivity index (χ3n) is 13.2. The lowest BCUT2D eigenvalue weighted by Crippen LogP contribution is -2.51. The van der Waals surface area contributed by atoms with Gasteiger partial charge in [0.25, 0.3) is 24.1 Å². The van der Waals surface area contributed by atoms with Crippen molar-refractivity contribution in [3.05, 3.63) is 33.4 Å². The highest BCUT2D eigenvalue weighted by atomic mass is 127. The fourth-order valence-electron chi connectivity index (χ4n) is 7.74. The molecule has 8 atom stereocenters. The minimum absolute atomic E-state index is 0.0271. The normalized spacial score (nSPS) is 20.6. The van der Waals surface area contributed by atoms with Crippen molar-refractivity contribution in [3.8, 4) is 0 Å². The Bertz CT molecular complexity index is 3010. The number of hydrogen-bond donors (Lipinski definition) is 5. The number of carbonyl (C=O) groups is 6. The first-order valence-electron chi connectivity index (χ1n) is 27.5. The molecule has 0 aliphatic carbocycles. The number of anilines is 2. The van der Waals surface area contributed by atoms with Crippen LogP contribution < -0.4 is 21.8 Å². The Morgan fingerprint density at radius 3 is 1.36 bits per heavy atom. The average Bonchev–Trinajstić information content (AvgIpc) is 2.65. The Balaban J connectivity index is 0.000000319. The van der Waals surface area contributed by atoms with Gasteiger partial charge in [0.2, 0.25) is 23.7 Å². The van der Waals surface area contributed by atoms with Gasteiger partial charge in [0.15, 0.2) is 43.1 Å². The SMILES string of the molecule is CC(=O)OCCOC(OCCOC(C)=O)OC1[C@@H](O)[C@@H](C)O[C@H]1n1cnc2c(=O)[nH]c(NC(=O)C(C)C)nc21.CC(=O)OCCOC(OCCOC(C)=O)OC1[C@@H](O[Si](C)(C)C(C)(C)C)[C@@H](CI)O[C@H]1n1cnc2c(=O)[nH]c(NC(=O)C(C)C)nc21. The summed E-state index contributed by atoms with van der Waals surface area (Å²) in [5.74, 6) is -3.48. The molecule has 4 aromatic heterocycles. The molecule has 34 heteroatoms. The maximum absolute atomic E-state index is 13.0. The van der Waals surface area contributed by atoms with Crippen molar-refractivity contribution in [2.45, 2.75) is 163 Å². The summed E-state index contributed by atoms with van der Waals surface area (Å²) < 4.78 is 77.7. The molecule has 0 bridgehead atoms. The predicted molar refractivity (Wildman–Crippen MR) is 311 cm³/mol. The Labute approximate surface area is 509 Å². The Hall–Kier alpha value is -5.93. The van der Waals surface area contributed by atoms with Crippen molar-refractivity contribution in [3.63, 3.8) is 0 Å². The van der Waals surface area contributed by atoms with E-state index in [1.807, 2.05) is 0 Å². The van der Waals surface area contributed by atoms with Crippen LogP contribution in [0.5, 0.6) is 0 Å². The summed E-state index contributed by atoms with van der Waals surface area (Å²) in [6.07, 6.45) is -4.27. The smallest absolute Gasteiger partial charge is 0.302 e.